The molecule has 0 fully saturated rings. The van der Waals surface area contributed by atoms with Crippen LogP contribution in [0.3, 0.4) is 0 Å². The van der Waals surface area contributed by atoms with Gasteiger partial charge < -0.3 is 10.3 Å². The number of nitrogens with zero attached hydrogens (tertiary/aromatic N) is 3. The highest BCUT2D eigenvalue weighted by Gasteiger charge is 2.15. The summed E-state index contributed by atoms with van der Waals surface area (Å²) in [7, 11) is 1.91. The Kier molecular flexibility index (Phi) is 5.06. The molecule has 0 unspecified atom stereocenters. The lowest BCUT2D eigenvalue weighted by atomic mass is 10.1. The molecule has 0 bridgehead atoms. The van der Waals surface area contributed by atoms with Crippen molar-refractivity contribution in [1.82, 2.24) is 24.6 Å². The molecule has 3 rings (SSSR count). The smallest absolute Gasteiger partial charge is 0.326 e. The minimum absolute atomic E-state index is 0.265. The van der Waals surface area contributed by atoms with Gasteiger partial charge in [-0.05, 0) is 31.4 Å². The summed E-state index contributed by atoms with van der Waals surface area (Å²) in [5, 5.41) is 7.28. The molecule has 2 N–H and O–H groups in total. The van der Waals surface area contributed by atoms with E-state index in [1.54, 1.807) is 0 Å². The molecule has 0 atom stereocenters. The maximum atomic E-state index is 12.5. The number of carbonyl (C=O) groups is 1. The molecule has 1 amide bonds. The van der Waals surface area contributed by atoms with Gasteiger partial charge in [0, 0.05) is 25.5 Å². The van der Waals surface area contributed by atoms with Gasteiger partial charge in [-0.15, -0.1) is 0 Å². The number of carbonyl (C=O) groups excluding carboxylic acids is 1. The van der Waals surface area contributed by atoms with E-state index in [0.717, 1.165) is 22.5 Å². The van der Waals surface area contributed by atoms with Crippen LogP contribution in [0, 0.1) is 13.8 Å². The van der Waals surface area contributed by atoms with Gasteiger partial charge in [-0.2, -0.15) is 5.10 Å². The average molecular weight is 353 g/mol. The van der Waals surface area contributed by atoms with E-state index >= 15 is 0 Å². The van der Waals surface area contributed by atoms with E-state index in [4.69, 9.17) is 0 Å². The molecule has 2 heterocycles. The summed E-state index contributed by atoms with van der Waals surface area (Å²) < 4.78 is 3.29. The first-order valence-electron chi connectivity index (χ1n) is 8.56. The Bertz CT molecular complexity index is 966. The van der Waals surface area contributed by atoms with Crippen molar-refractivity contribution in [2.24, 2.45) is 7.05 Å². The maximum Gasteiger partial charge on any atom is 0.326 e. The summed E-state index contributed by atoms with van der Waals surface area (Å²) >= 11 is 0. The fourth-order valence-electron chi connectivity index (χ4n) is 3.08. The van der Waals surface area contributed by atoms with Gasteiger partial charge in [0.15, 0.2) is 0 Å². The topological polar surface area (TPSA) is 84.7 Å². The zero-order chi connectivity index (χ0) is 18.7. The zero-order valence-electron chi connectivity index (χ0n) is 15.2. The second-order valence-corrected chi connectivity index (χ2v) is 6.33. The molecule has 0 saturated heterocycles. The Morgan fingerprint density at radius 1 is 1.23 bits per heavy atom. The molecule has 7 heteroatoms. The van der Waals surface area contributed by atoms with Gasteiger partial charge in [-0.25, -0.2) is 4.79 Å². The summed E-state index contributed by atoms with van der Waals surface area (Å²) in [6, 6.07) is 9.58. The second-order valence-electron chi connectivity index (χ2n) is 6.33. The molecule has 0 spiro atoms. The van der Waals surface area contributed by atoms with Crippen LogP contribution in [0.5, 0.6) is 0 Å². The SMILES string of the molecule is Cc1nn(C)c(C)c1CCNC(=O)c1c[nH]c(=O)n1Cc1ccccc1. The summed E-state index contributed by atoms with van der Waals surface area (Å²) in [6.07, 6.45) is 2.16. The van der Waals surface area contributed by atoms with Gasteiger partial charge in [0.05, 0.1) is 12.2 Å². The number of hydrogen-bond acceptors (Lipinski definition) is 3. The Hall–Kier alpha value is -3.09. The van der Waals surface area contributed by atoms with Crippen molar-refractivity contribution in [2.75, 3.05) is 6.54 Å². The number of benzene rings is 1. The molecule has 7 nitrogen and oxygen atoms in total. The quantitative estimate of drug-likeness (QED) is 0.705. The standard InChI is InChI=1S/C19H23N5O2/c1-13-16(14(2)23(3)22-13)9-10-20-18(25)17-11-21-19(26)24(17)12-15-7-5-4-6-8-15/h4-8,11H,9-10,12H2,1-3H3,(H,20,25)(H,21,26). The number of H-pyrrole nitrogens is 1. The van der Waals surface area contributed by atoms with Gasteiger partial charge in [0.2, 0.25) is 0 Å². The van der Waals surface area contributed by atoms with Gasteiger partial charge in [0.1, 0.15) is 5.69 Å². The highest BCUT2D eigenvalue weighted by atomic mass is 16.2. The van der Waals surface area contributed by atoms with Gasteiger partial charge in [-0.1, -0.05) is 30.3 Å². The Morgan fingerprint density at radius 3 is 2.62 bits per heavy atom. The number of aromatic nitrogens is 4. The van der Waals surface area contributed by atoms with Crippen LogP contribution >= 0.6 is 0 Å². The first-order chi connectivity index (χ1) is 12.5. The van der Waals surface area contributed by atoms with Gasteiger partial charge >= 0.3 is 5.69 Å². The molecule has 1 aromatic carbocycles. The predicted octanol–water partition coefficient (Wildman–Crippen LogP) is 1.55. The van der Waals surface area contributed by atoms with Crippen LogP contribution in [0.4, 0.5) is 0 Å². The molecule has 0 aliphatic rings. The minimum atomic E-state index is -0.294. The van der Waals surface area contributed by atoms with E-state index in [-0.39, 0.29) is 11.6 Å². The molecule has 0 saturated carbocycles. The van der Waals surface area contributed by atoms with Gasteiger partial charge in [0.25, 0.3) is 5.91 Å². The Morgan fingerprint density at radius 2 is 1.96 bits per heavy atom. The summed E-state index contributed by atoms with van der Waals surface area (Å²) in [5.41, 5.74) is 4.21. The van der Waals surface area contributed by atoms with Crippen molar-refractivity contribution in [1.29, 1.82) is 0 Å². The third kappa shape index (κ3) is 3.61. The fourth-order valence-corrected chi connectivity index (χ4v) is 3.08. The minimum Gasteiger partial charge on any atom is -0.350 e. The maximum absolute atomic E-state index is 12.5. The van der Waals surface area contributed by atoms with E-state index < -0.39 is 0 Å². The van der Waals surface area contributed by atoms with E-state index in [0.29, 0.717) is 25.2 Å². The fraction of sp³-hybridized carbons (Fsp3) is 0.316. The number of rotatable bonds is 6. The highest BCUT2D eigenvalue weighted by molar-refractivity contribution is 5.92. The van der Waals surface area contributed by atoms with Crippen LogP contribution in [0.15, 0.2) is 41.3 Å². The van der Waals surface area contributed by atoms with Crippen molar-refractivity contribution in [3.63, 3.8) is 0 Å². The van der Waals surface area contributed by atoms with Crippen LogP contribution in [0.25, 0.3) is 0 Å². The van der Waals surface area contributed by atoms with Crippen LogP contribution in [-0.4, -0.2) is 31.8 Å². The number of aromatic amines is 1. The number of aryl methyl sites for hydroxylation is 2. The molecular formula is C19H23N5O2. The molecule has 0 aliphatic heterocycles. The number of nitrogens with one attached hydrogen (secondary N) is 2. The number of hydrogen-bond donors (Lipinski definition) is 2. The zero-order valence-corrected chi connectivity index (χ0v) is 15.2. The lowest BCUT2D eigenvalue weighted by Gasteiger charge is -2.09. The first-order valence-corrected chi connectivity index (χ1v) is 8.56. The third-order valence-electron chi connectivity index (χ3n) is 4.60. The van der Waals surface area contributed by atoms with E-state index in [9.17, 15) is 9.59 Å². The third-order valence-corrected chi connectivity index (χ3v) is 4.60. The van der Waals surface area contributed by atoms with Crippen molar-refractivity contribution in [3.05, 3.63) is 75.2 Å². The summed E-state index contributed by atoms with van der Waals surface area (Å²) in [6.45, 7) is 4.82. The highest BCUT2D eigenvalue weighted by Crippen LogP contribution is 2.12. The number of amides is 1. The first kappa shape index (κ1) is 17.7. The lowest BCUT2D eigenvalue weighted by molar-refractivity contribution is 0.0945. The second kappa shape index (κ2) is 7.43. The lowest BCUT2D eigenvalue weighted by Crippen LogP contribution is -2.30. The predicted molar refractivity (Wildman–Crippen MR) is 99.3 cm³/mol. The molecule has 26 heavy (non-hydrogen) atoms. The molecule has 2 aromatic heterocycles. The molecule has 136 valence electrons. The number of imidazole rings is 1. The van der Waals surface area contributed by atoms with Crippen LogP contribution in [0.1, 0.15) is 33.0 Å². The van der Waals surface area contributed by atoms with Crippen LogP contribution in [-0.2, 0) is 20.0 Å². The summed E-state index contributed by atoms with van der Waals surface area (Å²) in [5.74, 6) is -0.265. The summed E-state index contributed by atoms with van der Waals surface area (Å²) in [4.78, 5) is 27.2. The van der Waals surface area contributed by atoms with Crippen molar-refractivity contribution >= 4 is 5.91 Å². The van der Waals surface area contributed by atoms with E-state index in [2.05, 4.69) is 15.4 Å². The molecule has 3 aromatic rings. The molecule has 0 aliphatic carbocycles. The van der Waals surface area contributed by atoms with Crippen molar-refractivity contribution < 1.29 is 4.79 Å². The van der Waals surface area contributed by atoms with E-state index in [1.807, 2.05) is 55.9 Å². The monoisotopic (exact) mass is 353 g/mol. The largest absolute Gasteiger partial charge is 0.350 e. The van der Waals surface area contributed by atoms with Crippen LogP contribution < -0.4 is 11.0 Å². The average Bonchev–Trinajstić information content (AvgIpc) is 3.10. The molecule has 0 radical (unpaired) electrons. The van der Waals surface area contributed by atoms with Crippen molar-refractivity contribution in [2.45, 2.75) is 26.8 Å². The molecular weight excluding hydrogens is 330 g/mol. The van der Waals surface area contributed by atoms with E-state index in [1.165, 1.54) is 10.8 Å². The van der Waals surface area contributed by atoms with Crippen molar-refractivity contribution in [3.8, 4) is 0 Å². The Labute approximate surface area is 151 Å². The Balaban J connectivity index is 1.68. The van der Waals surface area contributed by atoms with Gasteiger partial charge in [-0.3, -0.25) is 14.0 Å². The normalized spacial score (nSPS) is 10.9. The van der Waals surface area contributed by atoms with Crippen LogP contribution in [0.2, 0.25) is 0 Å².